The first-order valence-electron chi connectivity index (χ1n) is 12.1. The lowest BCUT2D eigenvalue weighted by Gasteiger charge is -2.33. The smallest absolute Gasteiger partial charge is 0.289 e. The van der Waals surface area contributed by atoms with Gasteiger partial charge in [0.2, 0.25) is 10.0 Å². The van der Waals surface area contributed by atoms with Crippen LogP contribution in [0.25, 0.3) is 0 Å². The van der Waals surface area contributed by atoms with E-state index in [1.54, 1.807) is 17.9 Å². The van der Waals surface area contributed by atoms with Crippen LogP contribution in [-0.4, -0.2) is 55.5 Å². The fourth-order valence-corrected chi connectivity index (χ4v) is 7.05. The minimum absolute atomic E-state index is 0.0208. The second-order valence-corrected chi connectivity index (χ2v) is 12.6. The van der Waals surface area contributed by atoms with E-state index in [4.69, 9.17) is 4.42 Å². The van der Waals surface area contributed by atoms with Crippen molar-refractivity contribution in [2.24, 2.45) is 5.41 Å². The van der Waals surface area contributed by atoms with Gasteiger partial charge in [0.25, 0.3) is 5.91 Å². The van der Waals surface area contributed by atoms with Crippen LogP contribution in [0.4, 0.5) is 0 Å². The fraction of sp³-hybridized carbons (Fsp3) is 0.538. The van der Waals surface area contributed by atoms with Gasteiger partial charge in [-0.1, -0.05) is 19.9 Å². The Kier molecular flexibility index (Phi) is 5.72. The summed E-state index contributed by atoms with van der Waals surface area (Å²) in [6, 6.07) is 5.49. The molecule has 8 heteroatoms. The van der Waals surface area contributed by atoms with E-state index < -0.39 is 10.0 Å². The average molecular weight is 485 g/mol. The third kappa shape index (κ3) is 4.01. The van der Waals surface area contributed by atoms with Gasteiger partial charge in [-0.2, -0.15) is 4.31 Å². The molecule has 1 saturated heterocycles. The molecule has 3 aliphatic rings. The summed E-state index contributed by atoms with van der Waals surface area (Å²) in [6.07, 6.45) is 5.24. The Morgan fingerprint density at radius 2 is 1.68 bits per heavy atom. The molecule has 34 heavy (non-hydrogen) atoms. The second-order valence-electron chi connectivity index (χ2n) is 10.6. The van der Waals surface area contributed by atoms with Crippen LogP contribution in [0.5, 0.6) is 0 Å². The number of hydrogen-bond acceptors (Lipinski definition) is 5. The van der Waals surface area contributed by atoms with Crippen LogP contribution in [0, 0.1) is 12.3 Å². The first-order valence-corrected chi connectivity index (χ1v) is 13.6. The topological polar surface area (TPSA) is 87.9 Å². The summed E-state index contributed by atoms with van der Waals surface area (Å²) in [5, 5.41) is 0. The molecule has 0 saturated carbocycles. The van der Waals surface area contributed by atoms with Crippen molar-refractivity contribution in [1.82, 2.24) is 9.21 Å². The third-order valence-corrected chi connectivity index (χ3v) is 9.35. The molecule has 5 rings (SSSR count). The monoisotopic (exact) mass is 484 g/mol. The molecular weight excluding hydrogens is 452 g/mol. The van der Waals surface area contributed by atoms with E-state index >= 15 is 0 Å². The molecule has 0 bridgehead atoms. The maximum absolute atomic E-state index is 13.3. The van der Waals surface area contributed by atoms with Gasteiger partial charge < -0.3 is 9.32 Å². The normalized spacial score (nSPS) is 20.7. The van der Waals surface area contributed by atoms with Gasteiger partial charge in [0.15, 0.2) is 11.5 Å². The van der Waals surface area contributed by atoms with Gasteiger partial charge in [-0.05, 0) is 61.3 Å². The highest BCUT2D eigenvalue weighted by atomic mass is 32.2. The summed E-state index contributed by atoms with van der Waals surface area (Å²) in [5.74, 6) is 0.550. The Bertz CT molecular complexity index is 1270. The van der Waals surface area contributed by atoms with E-state index in [2.05, 4.69) is 0 Å². The fourth-order valence-electron chi connectivity index (χ4n) is 5.58. The third-order valence-electron chi connectivity index (χ3n) is 7.45. The van der Waals surface area contributed by atoms with Gasteiger partial charge in [-0.15, -0.1) is 0 Å². The van der Waals surface area contributed by atoms with Crippen LogP contribution in [0.1, 0.15) is 76.5 Å². The maximum atomic E-state index is 13.3. The lowest BCUT2D eigenvalue weighted by molar-refractivity contribution is 0.0660. The Labute approximate surface area is 201 Å². The number of Topliss-reactive ketones (excluding diaryl/α,β-unsaturated/α-hetero) is 1. The number of nitrogens with zero attached hydrogens (tertiary/aromatic N) is 2. The van der Waals surface area contributed by atoms with Crippen LogP contribution in [0.3, 0.4) is 0 Å². The van der Waals surface area contributed by atoms with Crippen LogP contribution in [0.2, 0.25) is 0 Å². The van der Waals surface area contributed by atoms with Crippen molar-refractivity contribution in [3.05, 3.63) is 52.0 Å². The Morgan fingerprint density at radius 3 is 2.38 bits per heavy atom. The summed E-state index contributed by atoms with van der Waals surface area (Å²) < 4.78 is 33.9. The molecule has 2 aromatic rings. The quantitative estimate of drug-likeness (QED) is 0.662. The number of rotatable bonds is 3. The van der Waals surface area contributed by atoms with Gasteiger partial charge >= 0.3 is 0 Å². The van der Waals surface area contributed by atoms with E-state index in [1.165, 1.54) is 9.87 Å². The zero-order valence-corrected chi connectivity index (χ0v) is 21.0. The molecule has 0 unspecified atom stereocenters. The molecule has 1 aliphatic heterocycles. The number of fused-ring (bicyclic) bond motifs is 2. The molecule has 0 atom stereocenters. The van der Waals surface area contributed by atoms with E-state index in [1.807, 2.05) is 26.0 Å². The largest absolute Gasteiger partial charge is 0.455 e. The van der Waals surface area contributed by atoms with Gasteiger partial charge in [0.1, 0.15) is 5.76 Å². The molecule has 1 aromatic heterocycles. The van der Waals surface area contributed by atoms with Crippen molar-refractivity contribution >= 4 is 21.7 Å². The van der Waals surface area contributed by atoms with Crippen LogP contribution >= 0.6 is 0 Å². The number of carbonyl (C=O) groups is 2. The highest BCUT2D eigenvalue weighted by Crippen LogP contribution is 2.38. The number of carbonyl (C=O) groups excluding carboxylic acids is 2. The molecule has 1 aromatic carbocycles. The van der Waals surface area contributed by atoms with E-state index in [-0.39, 0.29) is 49.0 Å². The van der Waals surface area contributed by atoms with Crippen LogP contribution in [0.15, 0.2) is 27.5 Å². The van der Waals surface area contributed by atoms with Crippen molar-refractivity contribution in [2.45, 2.75) is 64.2 Å². The predicted molar refractivity (Wildman–Crippen MR) is 128 cm³/mol. The van der Waals surface area contributed by atoms with Gasteiger partial charge in [0.05, 0.1) is 10.5 Å². The zero-order chi connectivity index (χ0) is 24.3. The summed E-state index contributed by atoms with van der Waals surface area (Å²) >= 11 is 0. The molecule has 0 spiro atoms. The first-order chi connectivity index (χ1) is 16.1. The van der Waals surface area contributed by atoms with E-state index in [9.17, 15) is 18.0 Å². The Balaban J connectivity index is 1.30. The van der Waals surface area contributed by atoms with E-state index in [0.717, 1.165) is 31.2 Å². The van der Waals surface area contributed by atoms with Crippen molar-refractivity contribution in [2.75, 3.05) is 26.2 Å². The average Bonchev–Trinajstić information content (AvgIpc) is 3.13. The van der Waals surface area contributed by atoms with Crippen LogP contribution in [-0.2, 0) is 29.3 Å². The zero-order valence-electron chi connectivity index (χ0n) is 20.1. The van der Waals surface area contributed by atoms with Crippen molar-refractivity contribution < 1.29 is 22.4 Å². The Hall–Kier alpha value is -2.45. The molecule has 1 fully saturated rings. The molecule has 7 nitrogen and oxygen atoms in total. The van der Waals surface area contributed by atoms with Gasteiger partial charge in [-0.3, -0.25) is 9.59 Å². The summed E-state index contributed by atoms with van der Waals surface area (Å²) in [7, 11) is -3.61. The molecule has 2 heterocycles. The maximum Gasteiger partial charge on any atom is 0.289 e. The van der Waals surface area contributed by atoms with Gasteiger partial charge in [0, 0.05) is 44.6 Å². The predicted octanol–water partition coefficient (Wildman–Crippen LogP) is 3.77. The molecule has 2 aliphatic carbocycles. The van der Waals surface area contributed by atoms with E-state index in [0.29, 0.717) is 34.6 Å². The number of hydrogen-bond donors (Lipinski definition) is 0. The lowest BCUT2D eigenvalue weighted by Crippen LogP contribution is -2.50. The summed E-state index contributed by atoms with van der Waals surface area (Å²) in [5.41, 5.74) is 3.35. The molecule has 0 N–H and O–H groups in total. The van der Waals surface area contributed by atoms with Crippen molar-refractivity contribution in [3.63, 3.8) is 0 Å². The number of ketones is 1. The summed E-state index contributed by atoms with van der Waals surface area (Å²) in [4.78, 5) is 27.9. The highest BCUT2D eigenvalue weighted by molar-refractivity contribution is 7.89. The van der Waals surface area contributed by atoms with Gasteiger partial charge in [-0.25, -0.2) is 8.42 Å². The standard InChI is InChI=1S/C26H32N2O5S/c1-17-23-21(29)15-26(2,3)16-22(23)33-24(17)25(30)27-10-12-28(13-11-27)34(31,32)20-9-8-18-6-4-5-7-19(18)14-20/h8-9,14H,4-7,10-13,15-16H2,1-3H3. The number of piperazine rings is 1. The van der Waals surface area contributed by atoms with Crippen molar-refractivity contribution in [3.8, 4) is 0 Å². The highest BCUT2D eigenvalue weighted by Gasteiger charge is 2.39. The number of sulfonamides is 1. The SMILES string of the molecule is Cc1c(C(=O)N2CCN(S(=O)(=O)c3ccc4c(c3)CCCC4)CC2)oc2c1C(=O)CC(C)(C)C2. The van der Waals surface area contributed by atoms with Crippen molar-refractivity contribution in [1.29, 1.82) is 0 Å². The first kappa shape index (κ1) is 23.3. The number of aryl methyl sites for hydroxylation is 2. The molecule has 1 amide bonds. The molecule has 0 radical (unpaired) electrons. The minimum atomic E-state index is -3.61. The minimum Gasteiger partial charge on any atom is -0.455 e. The Morgan fingerprint density at radius 1 is 1.00 bits per heavy atom. The summed E-state index contributed by atoms with van der Waals surface area (Å²) in [6.45, 7) is 6.85. The molecule has 182 valence electrons. The lowest BCUT2D eigenvalue weighted by atomic mass is 9.76. The second kappa shape index (κ2) is 8.34. The molecular formula is C26H32N2O5S. The number of benzene rings is 1. The van der Waals surface area contributed by atoms with Crippen LogP contribution < -0.4 is 0 Å². The number of furan rings is 1. The number of amides is 1.